The zero-order valence-electron chi connectivity index (χ0n) is 6.33. The van der Waals surface area contributed by atoms with Crippen LogP contribution >= 0.6 is 46.4 Å². The summed E-state index contributed by atoms with van der Waals surface area (Å²) in [6.07, 6.45) is 0. The lowest BCUT2D eigenvalue weighted by Crippen LogP contribution is -2.28. The molecule has 0 N–H and O–H groups in total. The Labute approximate surface area is 90.4 Å². The third-order valence-electron chi connectivity index (χ3n) is 1.02. The van der Waals surface area contributed by atoms with Crippen molar-refractivity contribution in [3.63, 3.8) is 0 Å². The van der Waals surface area contributed by atoms with Gasteiger partial charge in [0.1, 0.15) is 0 Å². The summed E-state index contributed by atoms with van der Waals surface area (Å²) >= 11 is 22.1. The number of carbonyl (C=O) groups excluding carboxylic acids is 1. The van der Waals surface area contributed by atoms with Crippen molar-refractivity contribution in [1.29, 1.82) is 0 Å². The highest BCUT2D eigenvalue weighted by molar-refractivity contribution is 6.65. The fraction of sp³-hybridized carbons (Fsp3) is 0.500. The van der Waals surface area contributed by atoms with E-state index < -0.39 is 10.3 Å². The van der Waals surface area contributed by atoms with Gasteiger partial charge >= 0.3 is 5.97 Å². The molecule has 0 heterocycles. The summed E-state index contributed by atoms with van der Waals surface area (Å²) < 4.78 is 2.39. The van der Waals surface area contributed by atoms with Gasteiger partial charge in [0.2, 0.25) is 0 Å². The summed E-state index contributed by atoms with van der Waals surface area (Å²) in [5.41, 5.74) is 0. The van der Waals surface area contributed by atoms with E-state index in [1.54, 1.807) is 0 Å². The summed E-state index contributed by atoms with van der Waals surface area (Å²) in [5, 5.41) is -0.00795. The first-order valence-electron chi connectivity index (χ1n) is 2.82. The van der Waals surface area contributed by atoms with Gasteiger partial charge in [0.25, 0.3) is 4.33 Å². The molecule has 12 heavy (non-hydrogen) atoms. The molecule has 0 aromatic heterocycles. The number of esters is 1. The third-order valence-corrected chi connectivity index (χ3v) is 2.75. The molecule has 0 unspecified atom stereocenters. The van der Waals surface area contributed by atoms with Crippen molar-refractivity contribution < 1.29 is 9.53 Å². The minimum absolute atomic E-state index is 0.145. The van der Waals surface area contributed by atoms with Crippen LogP contribution < -0.4 is 0 Å². The van der Waals surface area contributed by atoms with E-state index in [2.05, 4.69) is 4.74 Å². The molecule has 2 nitrogen and oxygen atoms in total. The van der Waals surface area contributed by atoms with Crippen LogP contribution in [0.1, 0.15) is 6.92 Å². The van der Waals surface area contributed by atoms with E-state index in [0.717, 1.165) is 7.11 Å². The second-order valence-corrected chi connectivity index (χ2v) is 4.19. The van der Waals surface area contributed by atoms with E-state index in [0.29, 0.717) is 0 Å². The van der Waals surface area contributed by atoms with Crippen molar-refractivity contribution in [2.75, 3.05) is 7.11 Å². The summed E-state index contributed by atoms with van der Waals surface area (Å²) in [4.78, 5) is 10.9. The predicted molar refractivity (Wildman–Crippen MR) is 50.9 cm³/mol. The Balaban J connectivity index is 4.86. The molecule has 0 saturated heterocycles. The molecule has 0 aliphatic carbocycles. The van der Waals surface area contributed by atoms with Gasteiger partial charge in [0.05, 0.1) is 12.1 Å². The molecule has 0 aliphatic heterocycles. The van der Waals surface area contributed by atoms with Gasteiger partial charge in [0.15, 0.2) is 0 Å². The van der Waals surface area contributed by atoms with Gasteiger partial charge in [-0.1, -0.05) is 46.4 Å². The first-order valence-corrected chi connectivity index (χ1v) is 4.33. The van der Waals surface area contributed by atoms with Crippen LogP contribution in [0.4, 0.5) is 0 Å². The smallest absolute Gasteiger partial charge is 0.348 e. The van der Waals surface area contributed by atoms with E-state index in [9.17, 15) is 4.79 Å². The first-order chi connectivity index (χ1) is 5.34. The molecule has 0 spiro atoms. The van der Waals surface area contributed by atoms with E-state index >= 15 is 0 Å². The van der Waals surface area contributed by atoms with Gasteiger partial charge < -0.3 is 4.74 Å². The molecule has 0 bridgehead atoms. The lowest BCUT2D eigenvalue weighted by molar-refractivity contribution is -0.140. The molecule has 0 aromatic carbocycles. The van der Waals surface area contributed by atoms with Crippen molar-refractivity contribution in [1.82, 2.24) is 0 Å². The summed E-state index contributed by atoms with van der Waals surface area (Å²) in [5.74, 6) is -0.865. The van der Waals surface area contributed by atoms with Crippen molar-refractivity contribution in [2.24, 2.45) is 0 Å². The molecule has 70 valence electrons. The van der Waals surface area contributed by atoms with Crippen LogP contribution in [0.15, 0.2) is 10.1 Å². The standard InChI is InChI=1S/C6H6Cl4O2/c1-3(7)4(8)6(9,10)5(11)12-2/h1-2H3/b4-3-. The molecular weight excluding hydrogens is 246 g/mol. The molecule has 0 aromatic rings. The highest BCUT2D eigenvalue weighted by atomic mass is 35.5. The molecule has 0 aliphatic rings. The SMILES string of the molecule is COC(=O)C(Cl)(Cl)/C(Cl)=C(\C)Cl. The average molecular weight is 252 g/mol. The molecule has 6 heteroatoms. The van der Waals surface area contributed by atoms with Crippen LogP contribution in [0.3, 0.4) is 0 Å². The number of halogens is 4. The maximum Gasteiger partial charge on any atom is 0.348 e. The zero-order valence-corrected chi connectivity index (χ0v) is 9.35. The normalized spacial score (nSPS) is 13.8. The maximum atomic E-state index is 10.9. The van der Waals surface area contributed by atoms with Crippen LogP contribution in [0, 0.1) is 0 Å². The van der Waals surface area contributed by atoms with Crippen molar-refractivity contribution in [2.45, 2.75) is 11.3 Å². The van der Waals surface area contributed by atoms with Crippen LogP contribution in [-0.4, -0.2) is 17.4 Å². The van der Waals surface area contributed by atoms with Crippen LogP contribution in [0.5, 0.6) is 0 Å². The molecule has 0 rings (SSSR count). The maximum absolute atomic E-state index is 10.9. The third kappa shape index (κ3) is 2.70. The van der Waals surface area contributed by atoms with E-state index in [-0.39, 0.29) is 10.1 Å². The number of methoxy groups -OCH3 is 1. The number of hydrogen-bond acceptors (Lipinski definition) is 2. The minimum Gasteiger partial charge on any atom is -0.467 e. The van der Waals surface area contributed by atoms with Gasteiger partial charge in [-0.05, 0) is 6.92 Å². The topological polar surface area (TPSA) is 26.3 Å². The molecule has 0 radical (unpaired) electrons. The number of alkyl halides is 2. The fourth-order valence-electron chi connectivity index (χ4n) is 0.434. The largest absolute Gasteiger partial charge is 0.467 e. The first kappa shape index (κ1) is 12.4. The zero-order chi connectivity index (χ0) is 9.94. The van der Waals surface area contributed by atoms with Crippen molar-refractivity contribution in [3.05, 3.63) is 10.1 Å². The van der Waals surface area contributed by atoms with Gasteiger partial charge in [-0.15, -0.1) is 0 Å². The van der Waals surface area contributed by atoms with E-state index in [4.69, 9.17) is 46.4 Å². The quantitative estimate of drug-likeness (QED) is 0.557. The Morgan fingerprint density at radius 1 is 1.33 bits per heavy atom. The lowest BCUT2D eigenvalue weighted by atomic mass is 10.3. The number of rotatable bonds is 2. The second-order valence-electron chi connectivity index (χ2n) is 1.91. The predicted octanol–water partition coefficient (Wildman–Crippen LogP) is 3.04. The lowest BCUT2D eigenvalue weighted by Gasteiger charge is -2.15. The number of allylic oxidation sites excluding steroid dienone is 1. The van der Waals surface area contributed by atoms with Crippen molar-refractivity contribution >= 4 is 52.4 Å². The Kier molecular flexibility index (Phi) is 4.70. The molecule has 0 amide bonds. The highest BCUT2D eigenvalue weighted by Crippen LogP contribution is 2.37. The van der Waals surface area contributed by atoms with Crippen LogP contribution in [0.25, 0.3) is 0 Å². The number of hydrogen-bond donors (Lipinski definition) is 0. The van der Waals surface area contributed by atoms with Crippen molar-refractivity contribution in [3.8, 4) is 0 Å². The molecule has 0 fully saturated rings. The molecule has 0 atom stereocenters. The Hall–Kier alpha value is 0.370. The summed E-state index contributed by atoms with van der Waals surface area (Å²) in [6.45, 7) is 1.46. The van der Waals surface area contributed by atoms with E-state index in [1.165, 1.54) is 6.92 Å². The van der Waals surface area contributed by atoms with Crippen LogP contribution in [-0.2, 0) is 9.53 Å². The van der Waals surface area contributed by atoms with Gasteiger partial charge in [0, 0.05) is 5.03 Å². The average Bonchev–Trinajstić information content (AvgIpc) is 2.01. The monoisotopic (exact) mass is 250 g/mol. The summed E-state index contributed by atoms with van der Waals surface area (Å²) in [6, 6.07) is 0. The minimum atomic E-state index is -1.91. The molecule has 0 saturated carbocycles. The van der Waals surface area contributed by atoms with E-state index in [1.807, 2.05) is 0 Å². The van der Waals surface area contributed by atoms with Gasteiger partial charge in [-0.25, -0.2) is 4.79 Å². The van der Waals surface area contributed by atoms with Gasteiger partial charge in [-0.3, -0.25) is 0 Å². The van der Waals surface area contributed by atoms with Gasteiger partial charge in [-0.2, -0.15) is 0 Å². The fourth-order valence-corrected chi connectivity index (χ4v) is 1.19. The number of carbonyl (C=O) groups is 1. The Morgan fingerprint density at radius 2 is 1.75 bits per heavy atom. The Bertz CT molecular complexity index is 218. The van der Waals surface area contributed by atoms with Crippen LogP contribution in [0.2, 0.25) is 0 Å². The molecular formula is C6H6Cl4O2. The second kappa shape index (κ2) is 4.56. The highest BCUT2D eigenvalue weighted by Gasteiger charge is 2.39. The summed E-state index contributed by atoms with van der Waals surface area (Å²) in [7, 11) is 1.15. The number of ether oxygens (including phenoxy) is 1. The Morgan fingerprint density at radius 3 is 2.00 bits per heavy atom.